The number of nitrogens with one attached hydrogen (secondary N) is 1. The predicted molar refractivity (Wildman–Crippen MR) is 133 cm³/mol. The molecule has 6 rings (SSSR count). The van der Waals surface area contributed by atoms with E-state index in [0.717, 1.165) is 12.6 Å². The van der Waals surface area contributed by atoms with Crippen LogP contribution in [0.5, 0.6) is 5.75 Å². The van der Waals surface area contributed by atoms with E-state index >= 15 is 0 Å². The Morgan fingerprint density at radius 1 is 1.18 bits per heavy atom. The summed E-state index contributed by atoms with van der Waals surface area (Å²) in [6.45, 7) is 0.208. The van der Waals surface area contributed by atoms with Crippen LogP contribution in [-0.2, 0) is 22.5 Å². The van der Waals surface area contributed by atoms with Crippen LogP contribution in [0.2, 0.25) is 0 Å². The standard InChI is InChI=1S/C26H26FN5O6/c27-14-1-3-18-21(7-14)31(25(35)11-29-18)12-17(34)10-28-15-2-4-20-23(8-15)38-26(36)32(20)24-6-5-22-19(30-24)9-16(33)13-37-22/h1,3,5-7,11,15,17,20,23,28,34H,2,4,8-10,12-13H2/t15-,17+,20-,23-/m1/s1. The topological polar surface area (TPSA) is 136 Å². The third-order valence-electron chi connectivity index (χ3n) is 7.30. The Morgan fingerprint density at radius 3 is 2.92 bits per heavy atom. The number of Topliss-reactive ketones (excluding diaryl/α,β-unsaturated/α-hetero) is 1. The van der Waals surface area contributed by atoms with E-state index in [1.54, 1.807) is 17.0 Å². The second kappa shape index (κ2) is 9.76. The molecule has 1 amide bonds. The highest BCUT2D eigenvalue weighted by molar-refractivity contribution is 5.90. The van der Waals surface area contributed by atoms with E-state index < -0.39 is 23.6 Å². The molecular formula is C26H26FN5O6. The summed E-state index contributed by atoms with van der Waals surface area (Å²) >= 11 is 0. The minimum absolute atomic E-state index is 0.00971. The summed E-state index contributed by atoms with van der Waals surface area (Å²) < 4.78 is 26.1. The SMILES string of the molecule is O=C1COc2ccc(N3C(=O)O[C@@H]4C[C@H](NC[C@H](O)Cn5c(=O)cnc6ccc(F)cc65)CC[C@H]43)nc2C1. The molecule has 38 heavy (non-hydrogen) atoms. The molecule has 2 aromatic heterocycles. The summed E-state index contributed by atoms with van der Waals surface area (Å²) in [7, 11) is 0. The number of aliphatic hydroxyl groups is 1. The number of ketones is 1. The van der Waals surface area contributed by atoms with Gasteiger partial charge in [-0.05, 0) is 43.2 Å². The molecule has 1 saturated heterocycles. The number of nitrogens with zero attached hydrogens (tertiary/aromatic N) is 4. The molecule has 2 N–H and O–H groups in total. The van der Waals surface area contributed by atoms with Gasteiger partial charge in [-0.3, -0.25) is 14.5 Å². The van der Waals surface area contributed by atoms with E-state index in [2.05, 4.69) is 15.3 Å². The van der Waals surface area contributed by atoms with Gasteiger partial charge in [0.15, 0.2) is 5.78 Å². The first-order valence-corrected chi connectivity index (χ1v) is 12.6. The molecule has 0 spiro atoms. The highest BCUT2D eigenvalue weighted by Gasteiger charge is 2.46. The van der Waals surface area contributed by atoms with Crippen molar-refractivity contribution in [2.24, 2.45) is 0 Å². The van der Waals surface area contributed by atoms with Crippen LogP contribution in [0.1, 0.15) is 25.0 Å². The number of halogens is 1. The maximum atomic E-state index is 13.8. The fourth-order valence-electron chi connectivity index (χ4n) is 5.47. The van der Waals surface area contributed by atoms with Gasteiger partial charge in [-0.1, -0.05) is 0 Å². The quantitative estimate of drug-likeness (QED) is 0.490. The molecule has 11 nitrogen and oxygen atoms in total. The summed E-state index contributed by atoms with van der Waals surface area (Å²) in [5.41, 5.74) is 0.877. The smallest absolute Gasteiger partial charge is 0.416 e. The van der Waals surface area contributed by atoms with Gasteiger partial charge in [-0.25, -0.2) is 19.2 Å². The number of fused-ring (bicyclic) bond motifs is 3. The monoisotopic (exact) mass is 523 g/mol. The van der Waals surface area contributed by atoms with Crippen molar-refractivity contribution < 1.29 is 28.6 Å². The summed E-state index contributed by atoms with van der Waals surface area (Å²) in [4.78, 5) is 47.0. The zero-order chi connectivity index (χ0) is 26.4. The van der Waals surface area contributed by atoms with E-state index in [9.17, 15) is 23.9 Å². The van der Waals surface area contributed by atoms with E-state index in [-0.39, 0.29) is 50.1 Å². The van der Waals surface area contributed by atoms with Crippen LogP contribution in [0.3, 0.4) is 0 Å². The molecule has 1 aliphatic carbocycles. The number of amides is 1. The van der Waals surface area contributed by atoms with E-state index in [0.29, 0.717) is 41.1 Å². The molecule has 198 valence electrons. The zero-order valence-corrected chi connectivity index (χ0v) is 20.4. The molecule has 3 aliphatic rings. The molecular weight excluding hydrogens is 497 g/mol. The lowest BCUT2D eigenvalue weighted by Gasteiger charge is -2.33. The Balaban J connectivity index is 1.08. The number of hydrogen-bond donors (Lipinski definition) is 2. The Kier molecular flexibility index (Phi) is 6.28. The highest BCUT2D eigenvalue weighted by Crippen LogP contribution is 2.36. The summed E-state index contributed by atoms with van der Waals surface area (Å²) in [5, 5.41) is 14.0. The molecule has 12 heteroatoms. The Morgan fingerprint density at radius 2 is 2.05 bits per heavy atom. The van der Waals surface area contributed by atoms with Crippen molar-refractivity contribution in [2.75, 3.05) is 18.1 Å². The number of benzene rings is 1. The fourth-order valence-corrected chi connectivity index (χ4v) is 5.47. The molecule has 2 aliphatic heterocycles. The summed E-state index contributed by atoms with van der Waals surface area (Å²) in [6.07, 6.45) is 1.53. The third-order valence-corrected chi connectivity index (χ3v) is 7.30. The predicted octanol–water partition coefficient (Wildman–Crippen LogP) is 1.33. The molecule has 4 atom stereocenters. The van der Waals surface area contributed by atoms with Gasteiger partial charge in [0.25, 0.3) is 5.56 Å². The summed E-state index contributed by atoms with van der Waals surface area (Å²) in [5.74, 6) is 0.437. The first kappa shape index (κ1) is 24.4. The lowest BCUT2D eigenvalue weighted by molar-refractivity contribution is -0.121. The number of carbonyl (C=O) groups is 2. The number of ether oxygens (including phenoxy) is 2. The van der Waals surface area contributed by atoms with Crippen LogP contribution in [-0.4, -0.2) is 69.0 Å². The van der Waals surface area contributed by atoms with Crippen LogP contribution in [0.4, 0.5) is 15.0 Å². The molecule has 2 fully saturated rings. The van der Waals surface area contributed by atoms with Crippen LogP contribution in [0.15, 0.2) is 41.3 Å². The largest absolute Gasteiger partial charge is 0.484 e. The van der Waals surface area contributed by atoms with Gasteiger partial charge in [-0.2, -0.15) is 0 Å². The molecule has 1 aromatic carbocycles. The average Bonchev–Trinajstić information content (AvgIpc) is 3.23. The van der Waals surface area contributed by atoms with Crippen LogP contribution in [0, 0.1) is 5.82 Å². The lowest BCUT2D eigenvalue weighted by Crippen LogP contribution is -2.47. The molecule has 0 unspecified atom stereocenters. The lowest BCUT2D eigenvalue weighted by atomic mass is 9.88. The molecule has 3 aromatic rings. The fraction of sp³-hybridized carbons (Fsp3) is 0.423. The molecule has 0 radical (unpaired) electrons. The molecule has 0 bridgehead atoms. The number of anilines is 1. The van der Waals surface area contributed by atoms with Crippen molar-refractivity contribution in [3.63, 3.8) is 0 Å². The van der Waals surface area contributed by atoms with Gasteiger partial charge in [0, 0.05) is 19.0 Å². The Labute approximate surface area is 216 Å². The van der Waals surface area contributed by atoms with Gasteiger partial charge in [0.1, 0.15) is 30.1 Å². The van der Waals surface area contributed by atoms with Crippen molar-refractivity contribution in [3.8, 4) is 5.75 Å². The van der Waals surface area contributed by atoms with Gasteiger partial charge >= 0.3 is 6.09 Å². The molecule has 1 saturated carbocycles. The van der Waals surface area contributed by atoms with Gasteiger partial charge < -0.3 is 24.5 Å². The third kappa shape index (κ3) is 4.61. The van der Waals surface area contributed by atoms with Gasteiger partial charge in [0.05, 0.1) is 48.0 Å². The maximum Gasteiger partial charge on any atom is 0.416 e. The van der Waals surface area contributed by atoms with E-state index in [1.807, 2.05) is 0 Å². The summed E-state index contributed by atoms with van der Waals surface area (Å²) in [6, 6.07) is 7.22. The normalized spacial score (nSPS) is 23.5. The average molecular weight is 524 g/mol. The van der Waals surface area contributed by atoms with Crippen molar-refractivity contribution in [1.82, 2.24) is 19.9 Å². The first-order chi connectivity index (χ1) is 18.4. The number of rotatable bonds is 6. The maximum absolute atomic E-state index is 13.8. The van der Waals surface area contributed by atoms with Crippen LogP contribution in [0.25, 0.3) is 11.0 Å². The van der Waals surface area contributed by atoms with Crippen molar-refractivity contribution in [3.05, 3.63) is 58.4 Å². The molecule has 4 heterocycles. The van der Waals surface area contributed by atoms with Gasteiger partial charge in [0.2, 0.25) is 0 Å². The van der Waals surface area contributed by atoms with Crippen molar-refractivity contribution in [2.45, 2.75) is 56.5 Å². The van der Waals surface area contributed by atoms with Crippen LogP contribution < -0.4 is 20.5 Å². The number of hydrogen-bond acceptors (Lipinski definition) is 9. The number of carbonyl (C=O) groups excluding carboxylic acids is 2. The number of pyridine rings is 1. The van der Waals surface area contributed by atoms with E-state index in [4.69, 9.17) is 9.47 Å². The van der Waals surface area contributed by atoms with Crippen molar-refractivity contribution in [1.29, 1.82) is 0 Å². The van der Waals surface area contributed by atoms with Crippen LogP contribution >= 0.6 is 0 Å². The zero-order valence-electron chi connectivity index (χ0n) is 20.4. The second-order valence-electron chi connectivity index (χ2n) is 9.89. The van der Waals surface area contributed by atoms with E-state index in [1.165, 1.54) is 22.8 Å². The number of aromatic nitrogens is 3. The minimum Gasteiger partial charge on any atom is -0.484 e. The second-order valence-corrected chi connectivity index (χ2v) is 9.89. The minimum atomic E-state index is -0.911. The Hall–Kier alpha value is -3.90. The highest BCUT2D eigenvalue weighted by atomic mass is 19.1. The number of aliphatic hydroxyl groups excluding tert-OH is 1. The van der Waals surface area contributed by atoms with Gasteiger partial charge in [-0.15, -0.1) is 0 Å². The Bertz CT molecular complexity index is 1480. The van der Waals surface area contributed by atoms with Crippen molar-refractivity contribution >= 4 is 28.7 Å². The first-order valence-electron chi connectivity index (χ1n) is 12.6.